The van der Waals surface area contributed by atoms with Gasteiger partial charge in [0, 0.05) is 26.2 Å². The number of benzene rings is 2. The standard InChI is InChI=1S/C19H14F6N2O2/c20-14-6-5-12(15(21)16(14)22)18(29)27-9-7-26(8-10-27)17(28)11-3-1-2-4-13(11)19(23,24)25/h1-6H,7-10H2. The largest absolute Gasteiger partial charge is 0.417 e. The molecular formula is C19H14F6N2O2. The van der Waals surface area contributed by atoms with Crippen LogP contribution in [0.2, 0.25) is 0 Å². The van der Waals surface area contributed by atoms with Crippen molar-refractivity contribution in [2.24, 2.45) is 0 Å². The normalized spacial score (nSPS) is 14.8. The lowest BCUT2D eigenvalue weighted by molar-refractivity contribution is -0.138. The van der Waals surface area contributed by atoms with Gasteiger partial charge in [0.2, 0.25) is 0 Å². The maximum Gasteiger partial charge on any atom is 0.417 e. The van der Waals surface area contributed by atoms with E-state index >= 15 is 0 Å². The van der Waals surface area contributed by atoms with Crippen LogP contribution in [0.5, 0.6) is 0 Å². The van der Waals surface area contributed by atoms with Crippen LogP contribution < -0.4 is 0 Å². The molecule has 4 nitrogen and oxygen atoms in total. The quantitative estimate of drug-likeness (QED) is 0.553. The monoisotopic (exact) mass is 416 g/mol. The predicted molar refractivity (Wildman–Crippen MR) is 89.6 cm³/mol. The van der Waals surface area contributed by atoms with E-state index in [1.807, 2.05) is 0 Å². The number of piperazine rings is 1. The van der Waals surface area contributed by atoms with Crippen LogP contribution >= 0.6 is 0 Å². The summed E-state index contributed by atoms with van der Waals surface area (Å²) in [6.45, 7) is -0.390. The molecule has 0 aromatic heterocycles. The molecule has 1 aliphatic heterocycles. The average molecular weight is 416 g/mol. The lowest BCUT2D eigenvalue weighted by Crippen LogP contribution is -2.51. The zero-order valence-corrected chi connectivity index (χ0v) is 14.8. The molecule has 0 aliphatic carbocycles. The molecule has 0 spiro atoms. The summed E-state index contributed by atoms with van der Waals surface area (Å²) in [5.74, 6) is -6.56. The fourth-order valence-corrected chi connectivity index (χ4v) is 3.06. The average Bonchev–Trinajstić information content (AvgIpc) is 2.70. The van der Waals surface area contributed by atoms with E-state index < -0.39 is 52.1 Å². The molecule has 2 amide bonds. The molecular weight excluding hydrogens is 402 g/mol. The summed E-state index contributed by atoms with van der Waals surface area (Å²) in [5, 5.41) is 0. The van der Waals surface area contributed by atoms with E-state index in [-0.39, 0.29) is 26.2 Å². The summed E-state index contributed by atoms with van der Waals surface area (Å²) in [6.07, 6.45) is -4.70. The number of carbonyl (C=O) groups excluding carboxylic acids is 2. The number of amides is 2. The first kappa shape index (κ1) is 20.7. The van der Waals surface area contributed by atoms with E-state index in [0.717, 1.165) is 28.0 Å². The Labute approximate surface area is 161 Å². The van der Waals surface area contributed by atoms with Crippen molar-refractivity contribution in [3.8, 4) is 0 Å². The number of halogens is 6. The smallest absolute Gasteiger partial charge is 0.335 e. The number of alkyl halides is 3. The van der Waals surface area contributed by atoms with Gasteiger partial charge in [0.05, 0.1) is 16.7 Å². The number of hydrogen-bond acceptors (Lipinski definition) is 2. The Morgan fingerprint density at radius 2 is 1.24 bits per heavy atom. The molecule has 2 aromatic rings. The summed E-state index contributed by atoms with van der Waals surface area (Å²) in [4.78, 5) is 27.2. The Morgan fingerprint density at radius 3 is 1.79 bits per heavy atom. The Kier molecular flexibility index (Phi) is 5.54. The van der Waals surface area contributed by atoms with E-state index in [2.05, 4.69) is 0 Å². The van der Waals surface area contributed by atoms with Crippen LogP contribution in [-0.4, -0.2) is 47.8 Å². The van der Waals surface area contributed by atoms with Crippen molar-refractivity contribution in [1.82, 2.24) is 9.80 Å². The van der Waals surface area contributed by atoms with Crippen molar-refractivity contribution in [2.75, 3.05) is 26.2 Å². The second-order valence-electron chi connectivity index (χ2n) is 6.35. The molecule has 1 saturated heterocycles. The first-order valence-electron chi connectivity index (χ1n) is 8.49. The summed E-state index contributed by atoms with van der Waals surface area (Å²) >= 11 is 0. The summed E-state index contributed by atoms with van der Waals surface area (Å²) in [6, 6.07) is 5.80. The van der Waals surface area contributed by atoms with Crippen molar-refractivity contribution < 1.29 is 35.9 Å². The van der Waals surface area contributed by atoms with Crippen molar-refractivity contribution >= 4 is 11.8 Å². The third kappa shape index (κ3) is 4.06. The van der Waals surface area contributed by atoms with Crippen LogP contribution in [-0.2, 0) is 6.18 Å². The van der Waals surface area contributed by atoms with E-state index in [1.54, 1.807) is 0 Å². The molecule has 154 valence electrons. The first-order chi connectivity index (χ1) is 13.6. The zero-order valence-electron chi connectivity index (χ0n) is 14.8. The minimum atomic E-state index is -4.70. The lowest BCUT2D eigenvalue weighted by Gasteiger charge is -2.35. The molecule has 1 aliphatic rings. The second kappa shape index (κ2) is 7.76. The van der Waals surface area contributed by atoms with Crippen LogP contribution in [0.15, 0.2) is 36.4 Å². The van der Waals surface area contributed by atoms with Gasteiger partial charge < -0.3 is 9.80 Å². The summed E-state index contributed by atoms with van der Waals surface area (Å²) in [7, 11) is 0. The minimum Gasteiger partial charge on any atom is -0.335 e. The molecule has 1 fully saturated rings. The van der Waals surface area contributed by atoms with Crippen LogP contribution in [0.25, 0.3) is 0 Å². The molecule has 0 bridgehead atoms. The van der Waals surface area contributed by atoms with Crippen LogP contribution in [0.3, 0.4) is 0 Å². The lowest BCUT2D eigenvalue weighted by atomic mass is 10.1. The third-order valence-electron chi connectivity index (χ3n) is 4.58. The fourth-order valence-electron chi connectivity index (χ4n) is 3.06. The highest BCUT2D eigenvalue weighted by atomic mass is 19.4. The van der Waals surface area contributed by atoms with Crippen LogP contribution in [0.4, 0.5) is 26.3 Å². The van der Waals surface area contributed by atoms with Gasteiger partial charge in [0.25, 0.3) is 11.8 Å². The van der Waals surface area contributed by atoms with E-state index in [9.17, 15) is 35.9 Å². The molecule has 0 unspecified atom stereocenters. The van der Waals surface area contributed by atoms with E-state index in [4.69, 9.17) is 0 Å². The Hall–Kier alpha value is -3.04. The van der Waals surface area contributed by atoms with Gasteiger partial charge in [-0.15, -0.1) is 0 Å². The molecule has 0 N–H and O–H groups in total. The zero-order chi connectivity index (χ0) is 21.3. The van der Waals surface area contributed by atoms with Crippen molar-refractivity contribution in [3.05, 3.63) is 70.5 Å². The molecule has 1 heterocycles. The number of carbonyl (C=O) groups is 2. The third-order valence-corrected chi connectivity index (χ3v) is 4.58. The highest BCUT2D eigenvalue weighted by Crippen LogP contribution is 2.32. The number of hydrogen-bond donors (Lipinski definition) is 0. The number of nitrogens with zero attached hydrogens (tertiary/aromatic N) is 2. The SMILES string of the molecule is O=C(c1ccccc1C(F)(F)F)N1CCN(C(=O)c2ccc(F)c(F)c2F)CC1. The van der Waals surface area contributed by atoms with E-state index in [1.165, 1.54) is 12.1 Å². The van der Waals surface area contributed by atoms with Gasteiger partial charge in [-0.05, 0) is 24.3 Å². The topological polar surface area (TPSA) is 40.6 Å². The van der Waals surface area contributed by atoms with Gasteiger partial charge in [0.15, 0.2) is 17.5 Å². The maximum atomic E-state index is 13.8. The molecule has 29 heavy (non-hydrogen) atoms. The molecule has 0 atom stereocenters. The Bertz CT molecular complexity index is 952. The molecule has 3 rings (SSSR count). The highest BCUT2D eigenvalue weighted by Gasteiger charge is 2.36. The van der Waals surface area contributed by atoms with Gasteiger partial charge in [0.1, 0.15) is 0 Å². The first-order valence-corrected chi connectivity index (χ1v) is 8.49. The van der Waals surface area contributed by atoms with Gasteiger partial charge in [-0.3, -0.25) is 9.59 Å². The van der Waals surface area contributed by atoms with E-state index in [0.29, 0.717) is 6.07 Å². The highest BCUT2D eigenvalue weighted by molar-refractivity contribution is 5.97. The van der Waals surface area contributed by atoms with Crippen LogP contribution in [0, 0.1) is 17.5 Å². The molecule has 2 aromatic carbocycles. The van der Waals surface area contributed by atoms with Gasteiger partial charge in [-0.25, -0.2) is 13.2 Å². The van der Waals surface area contributed by atoms with Gasteiger partial charge in [-0.1, -0.05) is 12.1 Å². The second-order valence-corrected chi connectivity index (χ2v) is 6.35. The molecule has 10 heteroatoms. The molecule has 0 radical (unpaired) electrons. The fraction of sp³-hybridized carbons (Fsp3) is 0.263. The summed E-state index contributed by atoms with van der Waals surface area (Å²) in [5.41, 5.74) is -2.23. The Balaban J connectivity index is 1.72. The molecule has 0 saturated carbocycles. The van der Waals surface area contributed by atoms with Crippen LogP contribution in [0.1, 0.15) is 26.3 Å². The maximum absolute atomic E-state index is 13.8. The van der Waals surface area contributed by atoms with Crippen molar-refractivity contribution in [3.63, 3.8) is 0 Å². The van der Waals surface area contributed by atoms with Crippen molar-refractivity contribution in [2.45, 2.75) is 6.18 Å². The van der Waals surface area contributed by atoms with Gasteiger partial charge >= 0.3 is 6.18 Å². The minimum absolute atomic E-state index is 0.0952. The predicted octanol–water partition coefficient (Wildman–Crippen LogP) is 3.72. The van der Waals surface area contributed by atoms with Gasteiger partial charge in [-0.2, -0.15) is 13.2 Å². The summed E-state index contributed by atoms with van der Waals surface area (Å²) < 4.78 is 79.5. The van der Waals surface area contributed by atoms with Crippen molar-refractivity contribution in [1.29, 1.82) is 0 Å². The Morgan fingerprint density at radius 1 is 0.724 bits per heavy atom. The number of rotatable bonds is 2.